The second-order valence-corrected chi connectivity index (χ2v) is 5.03. The Morgan fingerprint density at radius 2 is 1.75 bits per heavy atom. The highest BCUT2D eigenvalue weighted by atomic mass is 79.9. The molecule has 4 heteroatoms. The van der Waals surface area contributed by atoms with Crippen LogP contribution < -0.4 is 9.47 Å². The van der Waals surface area contributed by atoms with Crippen molar-refractivity contribution in [2.75, 3.05) is 13.2 Å². The Labute approximate surface area is 126 Å². The van der Waals surface area contributed by atoms with Crippen LogP contribution in [0.25, 0.3) is 0 Å². The summed E-state index contributed by atoms with van der Waals surface area (Å²) in [6, 6.07) is 17.2. The first-order valence-corrected chi connectivity index (χ1v) is 7.09. The van der Waals surface area contributed by atoms with Gasteiger partial charge in [0.25, 0.3) is 0 Å². The predicted molar refractivity (Wildman–Crippen MR) is 80.9 cm³/mol. The van der Waals surface area contributed by atoms with Gasteiger partial charge in [-0.15, -0.1) is 0 Å². The largest absolute Gasteiger partial charge is 0.493 e. The van der Waals surface area contributed by atoms with Crippen molar-refractivity contribution in [1.29, 1.82) is 5.26 Å². The summed E-state index contributed by atoms with van der Waals surface area (Å²) >= 11 is 3.33. The third kappa shape index (κ3) is 4.29. The molecule has 2 aromatic rings. The van der Waals surface area contributed by atoms with E-state index in [2.05, 4.69) is 22.0 Å². The fraction of sp³-hybridized carbons (Fsp3) is 0.188. The Morgan fingerprint density at radius 1 is 1.00 bits per heavy atom. The summed E-state index contributed by atoms with van der Waals surface area (Å²) in [7, 11) is 0. The van der Waals surface area contributed by atoms with Gasteiger partial charge in [-0.05, 0) is 30.3 Å². The molecular weight excluding hydrogens is 318 g/mol. The molecule has 0 heterocycles. The molecule has 0 saturated carbocycles. The van der Waals surface area contributed by atoms with E-state index in [9.17, 15) is 0 Å². The highest BCUT2D eigenvalue weighted by Crippen LogP contribution is 2.22. The summed E-state index contributed by atoms with van der Waals surface area (Å²) in [5.74, 6) is 1.46. The Hall–Kier alpha value is -1.99. The lowest BCUT2D eigenvalue weighted by molar-refractivity contribution is 0.247. The lowest BCUT2D eigenvalue weighted by atomic mass is 10.2. The molecule has 0 atom stereocenters. The predicted octanol–water partition coefficient (Wildman–Crippen LogP) is 4.17. The number of benzene rings is 2. The molecule has 0 saturated heterocycles. The Morgan fingerprint density at radius 3 is 2.50 bits per heavy atom. The second kappa shape index (κ2) is 7.56. The highest BCUT2D eigenvalue weighted by molar-refractivity contribution is 9.10. The number of hydrogen-bond acceptors (Lipinski definition) is 3. The minimum Gasteiger partial charge on any atom is -0.493 e. The molecule has 0 N–H and O–H groups in total. The number of hydrogen-bond donors (Lipinski definition) is 0. The van der Waals surface area contributed by atoms with E-state index in [1.165, 1.54) is 0 Å². The zero-order valence-corrected chi connectivity index (χ0v) is 12.5. The van der Waals surface area contributed by atoms with Gasteiger partial charge in [0.1, 0.15) is 17.6 Å². The van der Waals surface area contributed by atoms with Gasteiger partial charge < -0.3 is 9.47 Å². The van der Waals surface area contributed by atoms with Crippen molar-refractivity contribution in [1.82, 2.24) is 0 Å². The fourth-order valence-corrected chi connectivity index (χ4v) is 2.02. The molecule has 2 aromatic carbocycles. The summed E-state index contributed by atoms with van der Waals surface area (Å²) < 4.78 is 12.0. The van der Waals surface area contributed by atoms with Crippen LogP contribution in [0.5, 0.6) is 11.5 Å². The first kappa shape index (κ1) is 14.4. The number of nitrogens with zero attached hydrogens (tertiary/aromatic N) is 1. The standard InChI is InChI=1S/C16H14BrNO2/c17-14-7-8-16(13(11-14)12-18)20-10-4-9-19-15-5-2-1-3-6-15/h1-3,5-8,11H,4,9-10H2. The quantitative estimate of drug-likeness (QED) is 0.746. The van der Waals surface area contributed by atoms with Gasteiger partial charge in [0.2, 0.25) is 0 Å². The lowest BCUT2D eigenvalue weighted by Gasteiger charge is -2.09. The van der Waals surface area contributed by atoms with Gasteiger partial charge in [0.15, 0.2) is 0 Å². The molecule has 102 valence electrons. The van der Waals surface area contributed by atoms with Crippen LogP contribution in [0.3, 0.4) is 0 Å². The summed E-state index contributed by atoms with van der Waals surface area (Å²) in [6.45, 7) is 1.10. The van der Waals surface area contributed by atoms with E-state index in [-0.39, 0.29) is 0 Å². The van der Waals surface area contributed by atoms with Crippen molar-refractivity contribution in [3.8, 4) is 17.6 Å². The van der Waals surface area contributed by atoms with Crippen molar-refractivity contribution in [3.05, 3.63) is 58.6 Å². The van der Waals surface area contributed by atoms with E-state index in [0.717, 1.165) is 16.6 Å². The van der Waals surface area contributed by atoms with Gasteiger partial charge in [-0.1, -0.05) is 34.1 Å². The van der Waals surface area contributed by atoms with Gasteiger partial charge in [-0.3, -0.25) is 0 Å². The van der Waals surface area contributed by atoms with Crippen LogP contribution in [0.15, 0.2) is 53.0 Å². The Kier molecular flexibility index (Phi) is 5.45. The third-order valence-corrected chi connectivity index (χ3v) is 3.11. The van der Waals surface area contributed by atoms with Crippen molar-refractivity contribution in [3.63, 3.8) is 0 Å². The van der Waals surface area contributed by atoms with E-state index >= 15 is 0 Å². The van der Waals surface area contributed by atoms with Crippen LogP contribution in [0.4, 0.5) is 0 Å². The van der Waals surface area contributed by atoms with E-state index in [0.29, 0.717) is 24.5 Å². The fourth-order valence-electron chi connectivity index (χ4n) is 1.66. The van der Waals surface area contributed by atoms with Gasteiger partial charge in [-0.25, -0.2) is 0 Å². The van der Waals surface area contributed by atoms with E-state index < -0.39 is 0 Å². The lowest BCUT2D eigenvalue weighted by Crippen LogP contribution is -2.05. The van der Waals surface area contributed by atoms with Crippen molar-refractivity contribution in [2.24, 2.45) is 0 Å². The van der Waals surface area contributed by atoms with Crippen LogP contribution >= 0.6 is 15.9 Å². The van der Waals surface area contributed by atoms with Crippen molar-refractivity contribution >= 4 is 15.9 Å². The molecule has 0 spiro atoms. The maximum atomic E-state index is 9.02. The first-order valence-electron chi connectivity index (χ1n) is 6.30. The number of ether oxygens (including phenoxy) is 2. The van der Waals surface area contributed by atoms with E-state index in [4.69, 9.17) is 14.7 Å². The molecule has 20 heavy (non-hydrogen) atoms. The Bertz CT molecular complexity index is 593. The second-order valence-electron chi connectivity index (χ2n) is 4.12. The molecule has 0 radical (unpaired) electrons. The molecule has 0 aromatic heterocycles. The zero-order chi connectivity index (χ0) is 14.2. The maximum absolute atomic E-state index is 9.02. The molecule has 3 nitrogen and oxygen atoms in total. The van der Waals surface area contributed by atoms with Crippen LogP contribution in [0, 0.1) is 11.3 Å². The van der Waals surface area contributed by atoms with Gasteiger partial charge in [0, 0.05) is 10.9 Å². The number of para-hydroxylation sites is 1. The molecule has 0 aliphatic heterocycles. The summed E-state index contributed by atoms with van der Waals surface area (Å²) in [4.78, 5) is 0. The molecule has 0 aliphatic carbocycles. The topological polar surface area (TPSA) is 42.2 Å². The van der Waals surface area contributed by atoms with Crippen LogP contribution in [0.1, 0.15) is 12.0 Å². The molecular formula is C16H14BrNO2. The van der Waals surface area contributed by atoms with E-state index in [1.807, 2.05) is 36.4 Å². The normalized spacial score (nSPS) is 9.80. The summed E-state index contributed by atoms with van der Waals surface area (Å²) in [6.07, 6.45) is 0.760. The minimum absolute atomic E-state index is 0.517. The SMILES string of the molecule is N#Cc1cc(Br)ccc1OCCCOc1ccccc1. The van der Waals surface area contributed by atoms with Crippen molar-refractivity contribution in [2.45, 2.75) is 6.42 Å². The van der Waals surface area contributed by atoms with E-state index in [1.54, 1.807) is 12.1 Å². The van der Waals surface area contributed by atoms with Gasteiger partial charge in [-0.2, -0.15) is 5.26 Å². The maximum Gasteiger partial charge on any atom is 0.137 e. The first-order chi connectivity index (χ1) is 9.79. The molecule has 0 aliphatic rings. The van der Waals surface area contributed by atoms with Crippen LogP contribution in [-0.4, -0.2) is 13.2 Å². The smallest absolute Gasteiger partial charge is 0.137 e. The third-order valence-electron chi connectivity index (χ3n) is 2.62. The van der Waals surface area contributed by atoms with Gasteiger partial charge >= 0.3 is 0 Å². The summed E-state index contributed by atoms with van der Waals surface area (Å²) in [5, 5.41) is 9.02. The molecule has 0 bridgehead atoms. The molecule has 0 unspecified atom stereocenters. The average Bonchev–Trinajstić information content (AvgIpc) is 2.49. The van der Waals surface area contributed by atoms with Crippen LogP contribution in [-0.2, 0) is 0 Å². The number of rotatable bonds is 6. The number of nitriles is 1. The highest BCUT2D eigenvalue weighted by Gasteiger charge is 2.03. The zero-order valence-electron chi connectivity index (χ0n) is 10.9. The molecule has 0 amide bonds. The Balaban J connectivity index is 1.75. The number of halogens is 1. The van der Waals surface area contributed by atoms with Crippen LogP contribution in [0.2, 0.25) is 0 Å². The van der Waals surface area contributed by atoms with Gasteiger partial charge in [0.05, 0.1) is 18.8 Å². The molecule has 0 fully saturated rings. The average molecular weight is 332 g/mol. The monoisotopic (exact) mass is 331 g/mol. The van der Waals surface area contributed by atoms with Crippen molar-refractivity contribution < 1.29 is 9.47 Å². The minimum atomic E-state index is 0.517. The molecule has 2 rings (SSSR count). The summed E-state index contributed by atoms with van der Waals surface area (Å²) in [5.41, 5.74) is 0.531.